The fraction of sp³-hybridized carbons (Fsp3) is 0.357. The van der Waals surface area contributed by atoms with Gasteiger partial charge in [-0.3, -0.25) is 4.68 Å². The molecule has 0 saturated carbocycles. The number of thioether (sulfide) groups is 1. The van der Waals surface area contributed by atoms with Gasteiger partial charge in [0.25, 0.3) is 0 Å². The van der Waals surface area contributed by atoms with Gasteiger partial charge in [0.1, 0.15) is 0 Å². The molecular formula is C14H18ClN3S. The minimum Gasteiger partial charge on any atom is -0.398 e. The lowest BCUT2D eigenvalue weighted by Gasteiger charge is -2.08. The van der Waals surface area contributed by atoms with Crippen LogP contribution in [0.4, 0.5) is 5.69 Å². The lowest BCUT2D eigenvalue weighted by molar-refractivity contribution is 0.475. The lowest BCUT2D eigenvalue weighted by atomic mass is 10.3. The predicted octanol–water partition coefficient (Wildman–Crippen LogP) is 4.38. The molecule has 1 unspecified atom stereocenters. The second-order valence-corrected chi connectivity index (χ2v) is 5.97. The summed E-state index contributed by atoms with van der Waals surface area (Å²) in [5, 5.41) is 5.28. The van der Waals surface area contributed by atoms with Gasteiger partial charge in [0, 0.05) is 33.6 Å². The first kappa shape index (κ1) is 14.3. The second-order valence-electron chi connectivity index (χ2n) is 4.52. The third kappa shape index (κ3) is 3.67. The van der Waals surface area contributed by atoms with Crippen molar-refractivity contribution in [2.75, 3.05) is 5.73 Å². The molecule has 1 atom stereocenters. The van der Waals surface area contributed by atoms with Crippen LogP contribution in [-0.2, 0) is 5.75 Å². The van der Waals surface area contributed by atoms with Gasteiger partial charge < -0.3 is 5.73 Å². The third-order valence-electron chi connectivity index (χ3n) is 3.06. The lowest BCUT2D eigenvalue weighted by Crippen LogP contribution is -2.04. The highest BCUT2D eigenvalue weighted by atomic mass is 35.5. The maximum atomic E-state index is 5.97. The molecule has 0 radical (unpaired) electrons. The quantitative estimate of drug-likeness (QED) is 0.657. The molecule has 5 heteroatoms. The summed E-state index contributed by atoms with van der Waals surface area (Å²) >= 11 is 7.64. The Morgan fingerprint density at radius 2 is 2.21 bits per heavy atom. The molecule has 1 aromatic heterocycles. The molecule has 0 aliphatic heterocycles. The monoisotopic (exact) mass is 295 g/mol. The van der Waals surface area contributed by atoms with Crippen LogP contribution in [0.25, 0.3) is 0 Å². The minimum atomic E-state index is 0.440. The number of hydrogen-bond acceptors (Lipinski definition) is 3. The van der Waals surface area contributed by atoms with Crippen LogP contribution in [0.1, 0.15) is 32.0 Å². The van der Waals surface area contributed by atoms with E-state index >= 15 is 0 Å². The number of aromatic nitrogens is 2. The summed E-state index contributed by atoms with van der Waals surface area (Å²) in [6.45, 7) is 4.33. The van der Waals surface area contributed by atoms with Crippen LogP contribution in [0.3, 0.4) is 0 Å². The van der Waals surface area contributed by atoms with E-state index in [1.807, 2.05) is 23.0 Å². The predicted molar refractivity (Wildman–Crippen MR) is 82.7 cm³/mol. The highest BCUT2D eigenvalue weighted by Crippen LogP contribution is 2.30. The Morgan fingerprint density at radius 1 is 1.42 bits per heavy atom. The van der Waals surface area contributed by atoms with Crippen LogP contribution in [0.2, 0.25) is 5.02 Å². The number of benzene rings is 1. The highest BCUT2D eigenvalue weighted by Gasteiger charge is 2.06. The Morgan fingerprint density at radius 3 is 2.95 bits per heavy atom. The van der Waals surface area contributed by atoms with Crippen LogP contribution in [0.5, 0.6) is 0 Å². The number of nitrogens with zero attached hydrogens (tertiary/aromatic N) is 2. The number of nitrogen functional groups attached to an aromatic ring is 1. The van der Waals surface area contributed by atoms with E-state index in [0.29, 0.717) is 11.1 Å². The molecule has 19 heavy (non-hydrogen) atoms. The number of nitrogens with two attached hydrogens (primary N) is 1. The Bertz CT molecular complexity index is 553. The van der Waals surface area contributed by atoms with E-state index in [2.05, 4.69) is 25.0 Å². The Balaban J connectivity index is 2.02. The fourth-order valence-corrected chi connectivity index (χ4v) is 2.81. The first-order chi connectivity index (χ1) is 9.10. The summed E-state index contributed by atoms with van der Waals surface area (Å²) in [5.41, 5.74) is 7.74. The molecule has 0 aliphatic carbocycles. The van der Waals surface area contributed by atoms with Crippen LogP contribution < -0.4 is 5.73 Å². The van der Waals surface area contributed by atoms with Gasteiger partial charge in [-0.2, -0.15) is 5.10 Å². The second kappa shape index (κ2) is 6.35. The van der Waals surface area contributed by atoms with Gasteiger partial charge in [-0.25, -0.2) is 0 Å². The van der Waals surface area contributed by atoms with E-state index in [1.54, 1.807) is 17.8 Å². The molecule has 2 aromatic rings. The molecule has 0 amide bonds. The van der Waals surface area contributed by atoms with Crippen molar-refractivity contribution in [1.82, 2.24) is 9.78 Å². The molecule has 1 heterocycles. The van der Waals surface area contributed by atoms with Crippen molar-refractivity contribution in [3.8, 4) is 0 Å². The average molecular weight is 296 g/mol. The third-order valence-corrected chi connectivity index (χ3v) is 4.40. The van der Waals surface area contributed by atoms with E-state index in [-0.39, 0.29) is 0 Å². The number of anilines is 1. The summed E-state index contributed by atoms with van der Waals surface area (Å²) < 4.78 is 2.01. The van der Waals surface area contributed by atoms with Gasteiger partial charge in [-0.1, -0.05) is 18.5 Å². The van der Waals surface area contributed by atoms with Crippen LogP contribution in [0, 0.1) is 0 Å². The van der Waals surface area contributed by atoms with Crippen LogP contribution in [-0.4, -0.2) is 9.78 Å². The molecule has 2 rings (SSSR count). The molecular weight excluding hydrogens is 278 g/mol. The first-order valence-corrected chi connectivity index (χ1v) is 7.68. The number of rotatable bonds is 5. The molecule has 0 fully saturated rings. The summed E-state index contributed by atoms with van der Waals surface area (Å²) in [7, 11) is 0. The zero-order chi connectivity index (χ0) is 13.8. The molecule has 0 aliphatic rings. The van der Waals surface area contributed by atoms with E-state index < -0.39 is 0 Å². The smallest absolute Gasteiger partial charge is 0.0727 e. The fourth-order valence-electron chi connectivity index (χ4n) is 1.67. The Hall–Kier alpha value is -1.13. The highest BCUT2D eigenvalue weighted by molar-refractivity contribution is 7.98. The molecule has 1 aromatic carbocycles. The normalized spacial score (nSPS) is 12.6. The Labute approximate surface area is 123 Å². The van der Waals surface area contributed by atoms with Gasteiger partial charge in [0.2, 0.25) is 0 Å². The van der Waals surface area contributed by atoms with Gasteiger partial charge in [0.05, 0.1) is 5.69 Å². The summed E-state index contributed by atoms with van der Waals surface area (Å²) in [6, 6.07) is 8.03. The van der Waals surface area contributed by atoms with E-state index in [0.717, 1.165) is 28.5 Å². The molecule has 3 nitrogen and oxygen atoms in total. The van der Waals surface area contributed by atoms with E-state index in [1.165, 1.54) is 0 Å². The maximum absolute atomic E-state index is 5.97. The first-order valence-electron chi connectivity index (χ1n) is 6.32. The standard InChI is InChI=1S/C14H18ClN3S/c1-3-10(2)18-7-6-12(17-18)9-19-14-8-11(15)4-5-13(14)16/h4-8,10H,3,9,16H2,1-2H3. The molecule has 102 valence electrons. The SMILES string of the molecule is CCC(C)n1ccc(CSc2cc(Cl)ccc2N)n1. The van der Waals surface area contributed by atoms with Crippen molar-refractivity contribution in [1.29, 1.82) is 0 Å². The van der Waals surface area contributed by atoms with Crippen LogP contribution >= 0.6 is 23.4 Å². The van der Waals surface area contributed by atoms with Crippen molar-refractivity contribution in [3.05, 3.63) is 41.2 Å². The summed E-state index contributed by atoms with van der Waals surface area (Å²) in [6.07, 6.45) is 3.11. The summed E-state index contributed by atoms with van der Waals surface area (Å²) in [4.78, 5) is 1.01. The van der Waals surface area contributed by atoms with Crippen LogP contribution in [0.15, 0.2) is 35.4 Å². The summed E-state index contributed by atoms with van der Waals surface area (Å²) in [5.74, 6) is 0.800. The van der Waals surface area contributed by atoms with Crippen molar-refractivity contribution >= 4 is 29.1 Å². The maximum Gasteiger partial charge on any atom is 0.0727 e. The molecule has 0 saturated heterocycles. The zero-order valence-electron chi connectivity index (χ0n) is 11.1. The van der Waals surface area contributed by atoms with Crippen molar-refractivity contribution in [3.63, 3.8) is 0 Å². The number of hydrogen-bond donors (Lipinski definition) is 1. The molecule has 0 spiro atoms. The van der Waals surface area contributed by atoms with E-state index in [4.69, 9.17) is 17.3 Å². The van der Waals surface area contributed by atoms with Gasteiger partial charge in [0.15, 0.2) is 0 Å². The topological polar surface area (TPSA) is 43.8 Å². The number of halogens is 1. The van der Waals surface area contributed by atoms with Gasteiger partial charge in [-0.15, -0.1) is 11.8 Å². The van der Waals surface area contributed by atoms with E-state index in [9.17, 15) is 0 Å². The Kier molecular flexibility index (Phi) is 4.77. The van der Waals surface area contributed by atoms with Crippen molar-refractivity contribution in [2.24, 2.45) is 0 Å². The zero-order valence-corrected chi connectivity index (χ0v) is 12.7. The molecule has 2 N–H and O–H groups in total. The largest absolute Gasteiger partial charge is 0.398 e. The van der Waals surface area contributed by atoms with Crippen molar-refractivity contribution < 1.29 is 0 Å². The minimum absolute atomic E-state index is 0.440. The van der Waals surface area contributed by atoms with Crippen molar-refractivity contribution in [2.45, 2.75) is 37.0 Å². The van der Waals surface area contributed by atoms with Gasteiger partial charge >= 0.3 is 0 Å². The molecule has 0 bridgehead atoms. The average Bonchev–Trinajstić information content (AvgIpc) is 2.88. The van der Waals surface area contributed by atoms with Gasteiger partial charge in [-0.05, 0) is 37.6 Å².